The molecule has 3 nitrogen and oxygen atoms in total. The van der Waals surface area contributed by atoms with Gasteiger partial charge in [0.2, 0.25) is 5.91 Å². The average Bonchev–Trinajstić information content (AvgIpc) is 2.44. The second-order valence-electron chi connectivity index (χ2n) is 7.47. The molecule has 0 aromatic carbocycles. The summed E-state index contributed by atoms with van der Waals surface area (Å²) in [6, 6.07) is 3.82. The molecule has 21 heavy (non-hydrogen) atoms. The molecule has 1 aromatic rings. The molecule has 5 rings (SSSR count). The van der Waals surface area contributed by atoms with Gasteiger partial charge in [-0.2, -0.15) is 0 Å². The van der Waals surface area contributed by atoms with Gasteiger partial charge in [0, 0.05) is 18.1 Å². The highest BCUT2D eigenvalue weighted by Gasteiger charge is 2.60. The first kappa shape index (κ1) is 13.6. The van der Waals surface area contributed by atoms with Gasteiger partial charge in [0.25, 0.3) is 0 Å². The first-order valence-electron chi connectivity index (χ1n) is 7.87. The molecule has 112 valence electrons. The van der Waals surface area contributed by atoms with E-state index in [2.05, 4.69) is 4.98 Å². The molecule has 4 fully saturated rings. The number of halogens is 1. The summed E-state index contributed by atoms with van der Waals surface area (Å²) in [6.07, 6.45) is 9.91. The Kier molecular flexibility index (Phi) is 2.88. The number of aromatic nitrogens is 1. The Labute approximate surface area is 130 Å². The number of carbonyl (C=O) groups is 1. The minimum absolute atomic E-state index is 0.116. The van der Waals surface area contributed by atoms with Crippen LogP contribution in [-0.4, -0.2) is 22.8 Å². The van der Waals surface area contributed by atoms with Crippen molar-refractivity contribution < 1.29 is 4.79 Å². The molecule has 2 atom stereocenters. The average molecular weight is 305 g/mol. The summed E-state index contributed by atoms with van der Waals surface area (Å²) >= 11 is 6.83. The number of rotatable bonds is 2. The summed E-state index contributed by atoms with van der Waals surface area (Å²) in [5.41, 5.74) is 0.651. The summed E-state index contributed by atoms with van der Waals surface area (Å²) in [6.45, 7) is 0. The fraction of sp³-hybridized carbons (Fsp3) is 0.647. The summed E-state index contributed by atoms with van der Waals surface area (Å²) in [5.74, 6) is 1.54. The van der Waals surface area contributed by atoms with E-state index in [9.17, 15) is 4.79 Å². The van der Waals surface area contributed by atoms with Crippen LogP contribution in [0.1, 0.15) is 38.5 Å². The van der Waals surface area contributed by atoms with Crippen molar-refractivity contribution in [3.05, 3.63) is 24.5 Å². The van der Waals surface area contributed by atoms with Gasteiger partial charge in [0.05, 0.1) is 17.3 Å². The monoisotopic (exact) mass is 304 g/mol. The Bertz CT molecular complexity index is 559. The summed E-state index contributed by atoms with van der Waals surface area (Å²) in [7, 11) is 1.87. The van der Waals surface area contributed by atoms with Crippen molar-refractivity contribution in [3.63, 3.8) is 0 Å². The Morgan fingerprint density at radius 3 is 2.62 bits per heavy atom. The molecule has 1 heterocycles. The van der Waals surface area contributed by atoms with Crippen molar-refractivity contribution in [1.29, 1.82) is 0 Å². The maximum atomic E-state index is 13.2. The van der Waals surface area contributed by atoms with Gasteiger partial charge in [0.1, 0.15) is 0 Å². The van der Waals surface area contributed by atoms with Crippen LogP contribution in [0.4, 0.5) is 5.69 Å². The standard InChI is InChI=1S/C17H21ClN2O/c1-20(14-3-2-4-19-10-14)15(21)16-6-12-5-13(7-16)9-17(18,8-12)11-16/h2-4,10,12-13H,5-9,11H2,1H3. The van der Waals surface area contributed by atoms with Crippen LogP contribution in [0, 0.1) is 17.3 Å². The Hall–Kier alpha value is -1.09. The van der Waals surface area contributed by atoms with E-state index in [1.54, 1.807) is 17.3 Å². The van der Waals surface area contributed by atoms with E-state index in [0.29, 0.717) is 11.8 Å². The number of hydrogen-bond acceptors (Lipinski definition) is 2. The van der Waals surface area contributed by atoms with Crippen molar-refractivity contribution in [3.8, 4) is 0 Å². The van der Waals surface area contributed by atoms with E-state index in [-0.39, 0.29) is 16.2 Å². The Morgan fingerprint density at radius 2 is 2.05 bits per heavy atom. The molecule has 1 amide bonds. The number of carbonyl (C=O) groups excluding carboxylic acids is 1. The lowest BCUT2D eigenvalue weighted by Crippen LogP contribution is -2.58. The topological polar surface area (TPSA) is 33.2 Å². The van der Waals surface area contributed by atoms with Crippen LogP contribution in [0.3, 0.4) is 0 Å². The molecule has 4 aliphatic rings. The second kappa shape index (κ2) is 4.45. The smallest absolute Gasteiger partial charge is 0.233 e. The van der Waals surface area contributed by atoms with Gasteiger partial charge in [-0.1, -0.05) is 0 Å². The van der Waals surface area contributed by atoms with Gasteiger partial charge in [-0.15, -0.1) is 11.6 Å². The zero-order valence-corrected chi connectivity index (χ0v) is 13.1. The molecular formula is C17H21ClN2O. The molecule has 0 N–H and O–H groups in total. The van der Waals surface area contributed by atoms with Crippen LogP contribution in [-0.2, 0) is 4.79 Å². The zero-order chi connectivity index (χ0) is 14.7. The largest absolute Gasteiger partial charge is 0.314 e. The SMILES string of the molecule is CN(C(=O)C12CC3CC(CC(Cl)(C3)C1)C2)c1cccnc1. The quantitative estimate of drug-likeness (QED) is 0.782. The van der Waals surface area contributed by atoms with Gasteiger partial charge in [-0.05, 0) is 62.5 Å². The van der Waals surface area contributed by atoms with Crippen molar-refractivity contribution in [2.75, 3.05) is 11.9 Å². The minimum atomic E-state index is -0.226. The van der Waals surface area contributed by atoms with Gasteiger partial charge >= 0.3 is 0 Å². The van der Waals surface area contributed by atoms with Gasteiger partial charge in [-0.3, -0.25) is 9.78 Å². The molecule has 0 spiro atoms. The molecule has 4 aliphatic carbocycles. The molecule has 0 aliphatic heterocycles. The normalized spacial score (nSPS) is 40.3. The third-order valence-electron chi connectivity index (χ3n) is 5.78. The van der Waals surface area contributed by atoms with E-state index in [0.717, 1.165) is 37.8 Å². The van der Waals surface area contributed by atoms with E-state index >= 15 is 0 Å². The lowest BCUT2D eigenvalue weighted by molar-refractivity contribution is -0.141. The van der Waals surface area contributed by atoms with Gasteiger partial charge in [-0.25, -0.2) is 0 Å². The number of nitrogens with zero attached hydrogens (tertiary/aromatic N) is 2. The molecule has 1 aromatic heterocycles. The predicted octanol–water partition coefficient (Wildman–Crippen LogP) is 3.62. The number of alkyl halides is 1. The second-order valence-corrected chi connectivity index (χ2v) is 8.27. The zero-order valence-electron chi connectivity index (χ0n) is 12.4. The van der Waals surface area contributed by atoms with Crippen LogP contribution in [0.25, 0.3) is 0 Å². The molecule has 4 bridgehead atoms. The van der Waals surface area contributed by atoms with Crippen LogP contribution in [0.5, 0.6) is 0 Å². The summed E-state index contributed by atoms with van der Waals surface area (Å²) in [5, 5.41) is 0. The van der Waals surface area contributed by atoms with Crippen molar-refractivity contribution in [2.45, 2.75) is 43.4 Å². The number of hydrogen-bond donors (Lipinski definition) is 0. The molecular weight excluding hydrogens is 284 g/mol. The summed E-state index contributed by atoms with van der Waals surface area (Å²) in [4.78, 5) is 19.0. The van der Waals surface area contributed by atoms with Crippen LogP contribution in [0.2, 0.25) is 0 Å². The predicted molar refractivity (Wildman–Crippen MR) is 83.3 cm³/mol. The van der Waals surface area contributed by atoms with Gasteiger partial charge in [0.15, 0.2) is 0 Å². The first-order valence-corrected chi connectivity index (χ1v) is 8.25. The number of pyridine rings is 1. The van der Waals surface area contributed by atoms with Crippen molar-refractivity contribution >= 4 is 23.2 Å². The number of anilines is 1. The maximum Gasteiger partial charge on any atom is 0.233 e. The molecule has 0 radical (unpaired) electrons. The highest BCUT2D eigenvalue weighted by molar-refractivity contribution is 6.24. The third kappa shape index (κ3) is 2.09. The Balaban J connectivity index is 1.65. The molecule has 0 saturated heterocycles. The number of amides is 1. The fourth-order valence-electron chi connectivity index (χ4n) is 5.43. The van der Waals surface area contributed by atoms with E-state index in [1.165, 1.54) is 6.42 Å². The molecule has 4 heteroatoms. The highest BCUT2D eigenvalue weighted by Crippen LogP contribution is 2.64. The lowest BCUT2D eigenvalue weighted by atomic mass is 9.49. The van der Waals surface area contributed by atoms with Crippen molar-refractivity contribution in [1.82, 2.24) is 4.98 Å². The lowest BCUT2D eigenvalue weighted by Gasteiger charge is -2.59. The van der Waals surface area contributed by atoms with Crippen LogP contribution < -0.4 is 4.90 Å². The van der Waals surface area contributed by atoms with Crippen molar-refractivity contribution in [2.24, 2.45) is 17.3 Å². The molecule has 4 saturated carbocycles. The van der Waals surface area contributed by atoms with E-state index < -0.39 is 0 Å². The van der Waals surface area contributed by atoms with Gasteiger partial charge < -0.3 is 4.90 Å². The van der Waals surface area contributed by atoms with E-state index in [1.807, 2.05) is 19.2 Å². The molecule has 2 unspecified atom stereocenters. The highest BCUT2D eigenvalue weighted by atomic mass is 35.5. The van der Waals surface area contributed by atoms with Crippen LogP contribution in [0.15, 0.2) is 24.5 Å². The minimum Gasteiger partial charge on any atom is -0.314 e. The summed E-state index contributed by atoms with van der Waals surface area (Å²) < 4.78 is 0. The first-order chi connectivity index (χ1) is 10.00. The maximum absolute atomic E-state index is 13.2. The van der Waals surface area contributed by atoms with E-state index in [4.69, 9.17) is 11.6 Å². The van der Waals surface area contributed by atoms with Crippen LogP contribution >= 0.6 is 11.6 Å². The third-order valence-corrected chi connectivity index (χ3v) is 6.22. The fourth-order valence-corrected chi connectivity index (χ4v) is 6.12. The Morgan fingerprint density at radius 1 is 1.33 bits per heavy atom.